The van der Waals surface area contributed by atoms with Crippen molar-refractivity contribution >= 4 is 32.4 Å². The molecule has 1 saturated heterocycles. The van der Waals surface area contributed by atoms with E-state index < -0.39 is 10.0 Å². The molecule has 1 amide bonds. The number of nitrogens with zero attached hydrogens (tertiary/aromatic N) is 1. The fourth-order valence-corrected chi connectivity index (χ4v) is 6.71. The van der Waals surface area contributed by atoms with Gasteiger partial charge in [-0.1, -0.05) is 48.5 Å². The summed E-state index contributed by atoms with van der Waals surface area (Å²) in [5, 5.41) is 5.51. The second-order valence-electron chi connectivity index (χ2n) is 8.96. The van der Waals surface area contributed by atoms with Crippen LogP contribution in [0.4, 0.5) is 5.69 Å². The Balaban J connectivity index is 1.25. The van der Waals surface area contributed by atoms with E-state index in [1.807, 2.05) is 37.3 Å². The first-order valence-corrected chi connectivity index (χ1v) is 12.9. The molecule has 1 fully saturated rings. The van der Waals surface area contributed by atoms with Gasteiger partial charge in [-0.2, -0.15) is 0 Å². The van der Waals surface area contributed by atoms with Gasteiger partial charge in [0.15, 0.2) is 0 Å². The second-order valence-corrected chi connectivity index (χ2v) is 10.9. The van der Waals surface area contributed by atoms with E-state index in [1.54, 1.807) is 4.31 Å². The van der Waals surface area contributed by atoms with E-state index in [2.05, 4.69) is 29.6 Å². The largest absolute Gasteiger partial charge is 0.325 e. The van der Waals surface area contributed by atoms with Gasteiger partial charge in [0.1, 0.15) is 0 Å². The van der Waals surface area contributed by atoms with Gasteiger partial charge in [0, 0.05) is 30.1 Å². The van der Waals surface area contributed by atoms with Crippen LogP contribution in [0, 0.1) is 12.8 Å². The Morgan fingerprint density at radius 2 is 1.69 bits per heavy atom. The fraction of sp³-hybridized carbons (Fsp3) is 0.346. The van der Waals surface area contributed by atoms with Crippen molar-refractivity contribution in [1.29, 1.82) is 0 Å². The lowest BCUT2D eigenvalue weighted by atomic mass is 9.96. The number of benzene rings is 3. The minimum atomic E-state index is -3.40. The number of hydrogen-bond donors (Lipinski definition) is 1. The van der Waals surface area contributed by atoms with Crippen LogP contribution in [-0.2, 0) is 33.4 Å². The van der Waals surface area contributed by atoms with Crippen LogP contribution >= 0.6 is 0 Å². The van der Waals surface area contributed by atoms with Crippen LogP contribution in [0.3, 0.4) is 0 Å². The molecule has 1 N–H and O–H groups in total. The SMILES string of the molecule is Cc1ccccc1CS(=O)(=O)N1CCC(C(=O)Nc2ccc3c4c(cccc24)CC3)CC1. The van der Waals surface area contributed by atoms with Gasteiger partial charge in [-0.25, -0.2) is 12.7 Å². The number of rotatable bonds is 5. The molecule has 0 atom stereocenters. The lowest BCUT2D eigenvalue weighted by Gasteiger charge is -2.30. The predicted molar refractivity (Wildman–Crippen MR) is 128 cm³/mol. The van der Waals surface area contributed by atoms with E-state index in [4.69, 9.17) is 0 Å². The summed E-state index contributed by atoms with van der Waals surface area (Å²) in [6.07, 6.45) is 3.19. The maximum absolute atomic E-state index is 13.0. The number of nitrogens with one attached hydrogen (secondary N) is 1. The van der Waals surface area contributed by atoms with E-state index in [9.17, 15) is 13.2 Å². The highest BCUT2D eigenvalue weighted by Gasteiger charge is 2.31. The van der Waals surface area contributed by atoms with Crippen LogP contribution in [-0.4, -0.2) is 31.7 Å². The second kappa shape index (κ2) is 8.34. The highest BCUT2D eigenvalue weighted by Crippen LogP contribution is 2.35. The maximum Gasteiger partial charge on any atom is 0.227 e. The van der Waals surface area contributed by atoms with Gasteiger partial charge in [-0.3, -0.25) is 4.79 Å². The zero-order valence-electron chi connectivity index (χ0n) is 18.3. The molecule has 5 nitrogen and oxygen atoms in total. The Labute approximate surface area is 189 Å². The molecule has 0 radical (unpaired) electrons. The zero-order chi connectivity index (χ0) is 22.3. The summed E-state index contributed by atoms with van der Waals surface area (Å²) in [5.74, 6) is -0.181. The van der Waals surface area contributed by atoms with Gasteiger partial charge in [-0.05, 0) is 66.3 Å². The Hall–Kier alpha value is -2.70. The minimum absolute atomic E-state index is 0.0111. The molecule has 3 aromatic rings. The van der Waals surface area contributed by atoms with Crippen molar-refractivity contribution in [2.45, 2.75) is 38.4 Å². The van der Waals surface area contributed by atoms with Crippen LogP contribution in [0.15, 0.2) is 54.6 Å². The summed E-state index contributed by atoms with van der Waals surface area (Å²) in [6.45, 7) is 2.70. The number of carbonyl (C=O) groups excluding carboxylic acids is 1. The zero-order valence-corrected chi connectivity index (χ0v) is 19.1. The average Bonchev–Trinajstić information content (AvgIpc) is 3.22. The molecule has 32 heavy (non-hydrogen) atoms. The first-order chi connectivity index (χ1) is 15.4. The molecule has 0 unspecified atom stereocenters. The third-order valence-corrected chi connectivity index (χ3v) is 8.78. The Bertz CT molecular complexity index is 1280. The molecule has 1 heterocycles. The van der Waals surface area contributed by atoms with Crippen LogP contribution < -0.4 is 5.32 Å². The minimum Gasteiger partial charge on any atom is -0.325 e. The molecule has 1 aliphatic heterocycles. The molecule has 6 heteroatoms. The molecule has 1 aliphatic carbocycles. The molecule has 0 bridgehead atoms. The third kappa shape index (κ3) is 3.93. The number of carbonyl (C=O) groups is 1. The third-order valence-electron chi connectivity index (χ3n) is 6.95. The molecule has 0 saturated carbocycles. The standard InChI is InChI=1S/C26H28N2O3S/c1-18-5-2-3-6-22(18)17-32(30,31)28-15-13-21(14-16-28)26(29)27-24-12-11-20-10-9-19-7-4-8-23(24)25(19)20/h2-8,11-12,21H,9-10,13-17H2,1H3,(H,27,29). The van der Waals surface area contributed by atoms with Gasteiger partial charge in [0.25, 0.3) is 0 Å². The van der Waals surface area contributed by atoms with Crippen LogP contribution in [0.2, 0.25) is 0 Å². The summed E-state index contributed by atoms with van der Waals surface area (Å²) in [6, 6.07) is 18.0. The van der Waals surface area contributed by atoms with Crippen molar-refractivity contribution in [2.75, 3.05) is 18.4 Å². The summed E-state index contributed by atoms with van der Waals surface area (Å²) in [7, 11) is -3.40. The molecular weight excluding hydrogens is 420 g/mol. The van der Waals surface area contributed by atoms with Crippen molar-refractivity contribution in [1.82, 2.24) is 4.31 Å². The van der Waals surface area contributed by atoms with Crippen LogP contribution in [0.5, 0.6) is 0 Å². The van der Waals surface area contributed by atoms with Crippen molar-refractivity contribution in [2.24, 2.45) is 5.92 Å². The average molecular weight is 449 g/mol. The van der Waals surface area contributed by atoms with Gasteiger partial charge in [0.2, 0.25) is 15.9 Å². The topological polar surface area (TPSA) is 66.5 Å². The molecular formula is C26H28N2O3S. The first kappa shape index (κ1) is 21.2. The molecule has 0 aromatic heterocycles. The van der Waals surface area contributed by atoms with Gasteiger partial charge >= 0.3 is 0 Å². The van der Waals surface area contributed by atoms with Crippen LogP contribution in [0.25, 0.3) is 10.8 Å². The van der Waals surface area contributed by atoms with E-state index in [1.165, 1.54) is 16.5 Å². The Kier molecular flexibility index (Phi) is 5.51. The van der Waals surface area contributed by atoms with E-state index in [0.717, 1.165) is 35.0 Å². The number of aryl methyl sites for hydroxylation is 3. The molecule has 0 spiro atoms. The van der Waals surface area contributed by atoms with Crippen molar-refractivity contribution in [3.8, 4) is 0 Å². The van der Waals surface area contributed by atoms with Crippen molar-refractivity contribution in [3.05, 3.63) is 76.9 Å². The highest BCUT2D eigenvalue weighted by atomic mass is 32.2. The number of sulfonamides is 1. The molecule has 5 rings (SSSR count). The number of amides is 1. The fourth-order valence-electron chi connectivity index (χ4n) is 5.05. The Morgan fingerprint density at radius 3 is 2.44 bits per heavy atom. The molecule has 3 aromatic carbocycles. The lowest BCUT2D eigenvalue weighted by molar-refractivity contribution is -0.120. The summed E-state index contributed by atoms with van der Waals surface area (Å²) in [4.78, 5) is 13.0. The lowest BCUT2D eigenvalue weighted by Crippen LogP contribution is -2.42. The summed E-state index contributed by atoms with van der Waals surface area (Å²) < 4.78 is 27.4. The van der Waals surface area contributed by atoms with E-state index >= 15 is 0 Å². The van der Waals surface area contributed by atoms with Gasteiger partial charge in [0.05, 0.1) is 5.75 Å². The van der Waals surface area contributed by atoms with Crippen LogP contribution in [0.1, 0.15) is 35.1 Å². The van der Waals surface area contributed by atoms with E-state index in [-0.39, 0.29) is 17.6 Å². The maximum atomic E-state index is 13.0. The molecule has 2 aliphatic rings. The summed E-state index contributed by atoms with van der Waals surface area (Å²) >= 11 is 0. The number of piperidine rings is 1. The first-order valence-electron chi connectivity index (χ1n) is 11.3. The number of hydrogen-bond acceptors (Lipinski definition) is 3. The summed E-state index contributed by atoms with van der Waals surface area (Å²) in [5.41, 5.74) is 5.36. The van der Waals surface area contributed by atoms with Crippen molar-refractivity contribution < 1.29 is 13.2 Å². The van der Waals surface area contributed by atoms with Gasteiger partial charge < -0.3 is 5.32 Å². The highest BCUT2D eigenvalue weighted by molar-refractivity contribution is 7.88. The smallest absolute Gasteiger partial charge is 0.227 e. The predicted octanol–water partition coefficient (Wildman–Crippen LogP) is 4.43. The Morgan fingerprint density at radius 1 is 0.969 bits per heavy atom. The quantitative estimate of drug-likeness (QED) is 0.628. The molecule has 166 valence electrons. The van der Waals surface area contributed by atoms with Crippen molar-refractivity contribution in [3.63, 3.8) is 0 Å². The monoisotopic (exact) mass is 448 g/mol. The number of anilines is 1. The van der Waals surface area contributed by atoms with Gasteiger partial charge in [-0.15, -0.1) is 0 Å². The van der Waals surface area contributed by atoms with E-state index in [0.29, 0.717) is 25.9 Å². The normalized spacial score (nSPS) is 17.0.